The molecule has 19 heavy (non-hydrogen) atoms. The van der Waals surface area contributed by atoms with Gasteiger partial charge in [-0.3, -0.25) is 9.88 Å². The van der Waals surface area contributed by atoms with Gasteiger partial charge < -0.3 is 5.32 Å². The van der Waals surface area contributed by atoms with E-state index in [9.17, 15) is 0 Å². The molecule has 1 N–H and O–H groups in total. The summed E-state index contributed by atoms with van der Waals surface area (Å²) < 4.78 is 0. The third-order valence-electron chi connectivity index (χ3n) is 3.58. The maximum Gasteiger partial charge on any atom is 0.0273 e. The molecule has 1 fully saturated rings. The molecule has 0 spiro atoms. The van der Waals surface area contributed by atoms with E-state index < -0.39 is 0 Å². The van der Waals surface area contributed by atoms with Gasteiger partial charge in [0.25, 0.3) is 0 Å². The number of pyridine rings is 1. The fraction of sp³-hybridized carbons (Fsp3) is 0.312. The SMILES string of the molecule is c1cc(-c2ccc(CN3CCNCC3)cc2)ccn1. The number of nitrogens with zero attached hydrogens (tertiary/aromatic N) is 2. The van der Waals surface area contributed by atoms with Gasteiger partial charge in [-0.1, -0.05) is 24.3 Å². The molecule has 98 valence electrons. The molecule has 0 unspecified atom stereocenters. The maximum absolute atomic E-state index is 4.05. The summed E-state index contributed by atoms with van der Waals surface area (Å²) in [6.45, 7) is 5.56. The van der Waals surface area contributed by atoms with Crippen LogP contribution in [0, 0.1) is 0 Å². The summed E-state index contributed by atoms with van der Waals surface area (Å²) in [5.41, 5.74) is 3.87. The Kier molecular flexibility index (Phi) is 3.86. The molecule has 1 aromatic carbocycles. The van der Waals surface area contributed by atoms with Crippen molar-refractivity contribution in [1.29, 1.82) is 0 Å². The fourth-order valence-electron chi connectivity index (χ4n) is 2.47. The number of aromatic nitrogens is 1. The first-order valence-electron chi connectivity index (χ1n) is 6.84. The first kappa shape index (κ1) is 12.3. The van der Waals surface area contributed by atoms with Gasteiger partial charge in [-0.15, -0.1) is 0 Å². The zero-order valence-corrected chi connectivity index (χ0v) is 11.0. The summed E-state index contributed by atoms with van der Waals surface area (Å²) in [6.07, 6.45) is 3.67. The minimum atomic E-state index is 1.05. The van der Waals surface area contributed by atoms with Crippen molar-refractivity contribution in [3.8, 4) is 11.1 Å². The molecule has 0 saturated carbocycles. The van der Waals surface area contributed by atoms with Gasteiger partial charge in [-0.25, -0.2) is 0 Å². The topological polar surface area (TPSA) is 28.2 Å². The van der Waals surface area contributed by atoms with E-state index in [4.69, 9.17) is 0 Å². The van der Waals surface area contributed by atoms with Crippen LogP contribution in [0.15, 0.2) is 48.8 Å². The summed E-state index contributed by atoms with van der Waals surface area (Å²) in [7, 11) is 0. The molecule has 0 atom stereocenters. The highest BCUT2D eigenvalue weighted by Gasteiger charge is 2.09. The molecule has 3 rings (SSSR count). The monoisotopic (exact) mass is 253 g/mol. The predicted octanol–water partition coefficient (Wildman–Crippen LogP) is 2.15. The first-order valence-corrected chi connectivity index (χ1v) is 6.84. The number of piperazine rings is 1. The average molecular weight is 253 g/mol. The Morgan fingerprint density at radius 2 is 1.53 bits per heavy atom. The van der Waals surface area contributed by atoms with E-state index in [0.717, 1.165) is 32.7 Å². The van der Waals surface area contributed by atoms with Crippen LogP contribution in [-0.4, -0.2) is 36.1 Å². The van der Waals surface area contributed by atoms with E-state index in [1.165, 1.54) is 16.7 Å². The van der Waals surface area contributed by atoms with Crippen molar-refractivity contribution in [2.75, 3.05) is 26.2 Å². The quantitative estimate of drug-likeness (QED) is 0.908. The molecule has 0 radical (unpaired) electrons. The lowest BCUT2D eigenvalue weighted by molar-refractivity contribution is 0.233. The van der Waals surface area contributed by atoms with Crippen molar-refractivity contribution in [2.24, 2.45) is 0 Å². The van der Waals surface area contributed by atoms with Crippen LogP contribution in [0.25, 0.3) is 11.1 Å². The smallest absolute Gasteiger partial charge is 0.0273 e. The fourth-order valence-corrected chi connectivity index (χ4v) is 2.47. The van der Waals surface area contributed by atoms with Gasteiger partial charge in [-0.05, 0) is 28.8 Å². The number of rotatable bonds is 3. The van der Waals surface area contributed by atoms with E-state index >= 15 is 0 Å². The van der Waals surface area contributed by atoms with Crippen molar-refractivity contribution in [1.82, 2.24) is 15.2 Å². The van der Waals surface area contributed by atoms with Gasteiger partial charge in [0.1, 0.15) is 0 Å². The van der Waals surface area contributed by atoms with Gasteiger partial charge >= 0.3 is 0 Å². The van der Waals surface area contributed by atoms with Gasteiger partial charge in [0.15, 0.2) is 0 Å². The summed E-state index contributed by atoms with van der Waals surface area (Å²) in [5.74, 6) is 0. The van der Waals surface area contributed by atoms with Crippen molar-refractivity contribution >= 4 is 0 Å². The van der Waals surface area contributed by atoms with E-state index in [-0.39, 0.29) is 0 Å². The zero-order valence-electron chi connectivity index (χ0n) is 11.0. The number of nitrogens with one attached hydrogen (secondary N) is 1. The average Bonchev–Trinajstić information content (AvgIpc) is 2.50. The molecule has 1 aliphatic rings. The lowest BCUT2D eigenvalue weighted by atomic mass is 10.0. The second-order valence-corrected chi connectivity index (χ2v) is 4.96. The van der Waals surface area contributed by atoms with Crippen LogP contribution in [0.3, 0.4) is 0 Å². The molecule has 2 aromatic rings. The first-order chi connectivity index (χ1) is 9.42. The van der Waals surface area contributed by atoms with Crippen molar-refractivity contribution in [2.45, 2.75) is 6.54 Å². The van der Waals surface area contributed by atoms with E-state index in [1.54, 1.807) is 0 Å². The number of hydrogen-bond acceptors (Lipinski definition) is 3. The largest absolute Gasteiger partial charge is 0.314 e. The van der Waals surface area contributed by atoms with Crippen LogP contribution in [-0.2, 0) is 6.54 Å². The highest BCUT2D eigenvalue weighted by Crippen LogP contribution is 2.19. The molecular formula is C16H19N3. The van der Waals surface area contributed by atoms with Crippen LogP contribution in [0.5, 0.6) is 0 Å². The van der Waals surface area contributed by atoms with Crippen LogP contribution >= 0.6 is 0 Å². The molecule has 3 heteroatoms. The summed E-state index contributed by atoms with van der Waals surface area (Å²) in [5, 5.41) is 3.38. The van der Waals surface area contributed by atoms with Crippen LogP contribution in [0.1, 0.15) is 5.56 Å². The Morgan fingerprint density at radius 3 is 2.21 bits per heavy atom. The second-order valence-electron chi connectivity index (χ2n) is 4.96. The molecule has 2 heterocycles. The minimum absolute atomic E-state index is 1.05. The minimum Gasteiger partial charge on any atom is -0.314 e. The number of benzene rings is 1. The predicted molar refractivity (Wildman–Crippen MR) is 77.8 cm³/mol. The third kappa shape index (κ3) is 3.19. The van der Waals surface area contributed by atoms with Gasteiger partial charge in [-0.2, -0.15) is 0 Å². The molecule has 3 nitrogen and oxygen atoms in total. The van der Waals surface area contributed by atoms with Gasteiger partial charge in [0.05, 0.1) is 0 Å². The van der Waals surface area contributed by atoms with Gasteiger partial charge in [0, 0.05) is 45.1 Å². The molecule has 0 aliphatic carbocycles. The summed E-state index contributed by atoms with van der Waals surface area (Å²) in [4.78, 5) is 6.55. The Balaban J connectivity index is 1.68. The van der Waals surface area contributed by atoms with Crippen LogP contribution in [0.4, 0.5) is 0 Å². The van der Waals surface area contributed by atoms with Crippen molar-refractivity contribution < 1.29 is 0 Å². The molecular weight excluding hydrogens is 234 g/mol. The summed E-state index contributed by atoms with van der Waals surface area (Å²) >= 11 is 0. The Hall–Kier alpha value is -1.71. The van der Waals surface area contributed by atoms with Crippen molar-refractivity contribution in [3.63, 3.8) is 0 Å². The molecule has 1 aliphatic heterocycles. The summed E-state index contributed by atoms with van der Waals surface area (Å²) in [6, 6.07) is 13.0. The van der Waals surface area contributed by atoms with Crippen molar-refractivity contribution in [3.05, 3.63) is 54.4 Å². The maximum atomic E-state index is 4.05. The van der Waals surface area contributed by atoms with E-state index in [0.29, 0.717) is 0 Å². The normalized spacial score (nSPS) is 16.4. The molecule has 0 amide bonds. The molecule has 1 saturated heterocycles. The van der Waals surface area contributed by atoms with Gasteiger partial charge in [0.2, 0.25) is 0 Å². The van der Waals surface area contributed by atoms with Crippen LogP contribution in [0.2, 0.25) is 0 Å². The highest BCUT2D eigenvalue weighted by molar-refractivity contribution is 5.62. The lowest BCUT2D eigenvalue weighted by Crippen LogP contribution is -2.42. The van der Waals surface area contributed by atoms with Crippen LogP contribution < -0.4 is 5.32 Å². The Morgan fingerprint density at radius 1 is 0.895 bits per heavy atom. The van der Waals surface area contributed by atoms with E-state index in [2.05, 4.69) is 39.5 Å². The molecule has 0 bridgehead atoms. The Labute approximate surface area is 114 Å². The zero-order chi connectivity index (χ0) is 12.9. The second kappa shape index (κ2) is 5.95. The Bertz CT molecular complexity index is 501. The number of hydrogen-bond donors (Lipinski definition) is 1. The highest BCUT2D eigenvalue weighted by atomic mass is 15.2. The third-order valence-corrected chi connectivity index (χ3v) is 3.58. The molecule has 1 aromatic heterocycles. The lowest BCUT2D eigenvalue weighted by Gasteiger charge is -2.27. The standard InChI is InChI=1S/C16H19N3/c1-3-15(16-5-7-17-8-6-16)4-2-14(1)13-19-11-9-18-10-12-19/h1-8,18H,9-13H2. The van der Waals surface area contributed by atoms with E-state index in [1.807, 2.05) is 24.5 Å².